The lowest BCUT2D eigenvalue weighted by Gasteiger charge is -2.42. The van der Waals surface area contributed by atoms with E-state index in [0.717, 1.165) is 32.4 Å². The number of amides is 1. The molecule has 0 bridgehead atoms. The molecule has 3 heteroatoms. The van der Waals surface area contributed by atoms with Crippen LogP contribution in [0.5, 0.6) is 0 Å². The van der Waals surface area contributed by atoms with E-state index in [0.29, 0.717) is 10.5 Å². The highest BCUT2D eigenvalue weighted by molar-refractivity contribution is 5.58. The van der Waals surface area contributed by atoms with Gasteiger partial charge in [-0.05, 0) is 0 Å². The van der Waals surface area contributed by atoms with E-state index in [1.807, 2.05) is 0 Å². The molecule has 1 N–H and O–H groups in total. The van der Waals surface area contributed by atoms with Gasteiger partial charge in [0, 0.05) is 12.8 Å². The zero-order valence-corrected chi connectivity index (χ0v) is 5.92. The molecular formula is C7H12NO2+. The van der Waals surface area contributed by atoms with E-state index >= 15 is 0 Å². The monoisotopic (exact) mass is 142 g/mol. The van der Waals surface area contributed by atoms with Crippen LogP contribution < -0.4 is 0 Å². The Bertz CT molecular complexity index is 180. The Morgan fingerprint density at radius 3 is 2.50 bits per heavy atom. The van der Waals surface area contributed by atoms with Gasteiger partial charge in [0.25, 0.3) is 0 Å². The van der Waals surface area contributed by atoms with Gasteiger partial charge in [0.1, 0.15) is 6.04 Å². The van der Waals surface area contributed by atoms with E-state index in [9.17, 15) is 4.79 Å². The molecule has 2 aliphatic rings. The van der Waals surface area contributed by atoms with Gasteiger partial charge in [-0.15, -0.1) is 0 Å². The van der Waals surface area contributed by atoms with E-state index in [1.54, 1.807) is 0 Å². The van der Waals surface area contributed by atoms with Crippen LogP contribution >= 0.6 is 0 Å². The molecule has 2 unspecified atom stereocenters. The lowest BCUT2D eigenvalue weighted by molar-refractivity contribution is -0.910. The third kappa shape index (κ3) is 0.515. The molecule has 0 radical (unpaired) electrons. The van der Waals surface area contributed by atoms with Gasteiger partial charge in [-0.3, -0.25) is 0 Å². The summed E-state index contributed by atoms with van der Waals surface area (Å²) >= 11 is 0. The van der Waals surface area contributed by atoms with Crippen molar-refractivity contribution in [3.8, 4) is 0 Å². The molecule has 10 heavy (non-hydrogen) atoms. The SMILES string of the molecule is O=C(O)[N+]12CCCC1CC2. The standard InChI is InChI=1S/C7H11NO2/c9-7(10)8-4-1-2-6(8)3-5-8/h6H,1-5H2/p+1. The third-order valence-corrected chi connectivity index (χ3v) is 3.04. The van der Waals surface area contributed by atoms with E-state index < -0.39 is 6.09 Å². The quantitative estimate of drug-likeness (QED) is 0.513. The minimum atomic E-state index is -0.603. The Labute approximate surface area is 59.8 Å². The van der Waals surface area contributed by atoms with Gasteiger partial charge in [0.2, 0.25) is 0 Å². The molecule has 2 aliphatic heterocycles. The van der Waals surface area contributed by atoms with Gasteiger partial charge < -0.3 is 5.11 Å². The van der Waals surface area contributed by atoms with Crippen molar-refractivity contribution in [1.82, 2.24) is 0 Å². The Balaban J connectivity index is 2.21. The van der Waals surface area contributed by atoms with Gasteiger partial charge in [-0.25, -0.2) is 4.48 Å². The van der Waals surface area contributed by atoms with Gasteiger partial charge in [0.05, 0.1) is 19.5 Å². The number of carboxylic acid groups (broad SMARTS) is 1. The predicted molar refractivity (Wildman–Crippen MR) is 35.7 cm³/mol. The second-order valence-electron chi connectivity index (χ2n) is 3.35. The molecule has 0 aromatic heterocycles. The predicted octanol–water partition coefficient (Wildman–Crippen LogP) is 1.05. The lowest BCUT2D eigenvalue weighted by atomic mass is 10.0. The Morgan fingerprint density at radius 2 is 2.20 bits per heavy atom. The maximum Gasteiger partial charge on any atom is 0.513 e. The van der Waals surface area contributed by atoms with Crippen molar-refractivity contribution in [1.29, 1.82) is 0 Å². The molecule has 2 rings (SSSR count). The highest BCUT2D eigenvalue weighted by Crippen LogP contribution is 2.38. The van der Waals surface area contributed by atoms with Crippen molar-refractivity contribution in [3.63, 3.8) is 0 Å². The normalized spacial score (nSPS) is 44.2. The summed E-state index contributed by atoms with van der Waals surface area (Å²) in [5.41, 5.74) is 0. The Hall–Kier alpha value is -0.570. The molecule has 0 aliphatic carbocycles. The number of quaternary nitrogens is 1. The third-order valence-electron chi connectivity index (χ3n) is 3.04. The first-order valence-corrected chi connectivity index (χ1v) is 3.86. The fraction of sp³-hybridized carbons (Fsp3) is 0.857. The number of hydrogen-bond acceptors (Lipinski definition) is 1. The molecule has 2 fully saturated rings. The second kappa shape index (κ2) is 1.72. The van der Waals surface area contributed by atoms with Crippen LogP contribution in [0.25, 0.3) is 0 Å². The van der Waals surface area contributed by atoms with Gasteiger partial charge in [-0.2, -0.15) is 4.79 Å². The zero-order chi connectivity index (χ0) is 7.19. The first-order chi connectivity index (χ1) is 4.76. The number of nitrogens with zero attached hydrogens (tertiary/aromatic N) is 1. The minimum absolute atomic E-state index is 0.389. The summed E-state index contributed by atoms with van der Waals surface area (Å²) in [6, 6.07) is 0.470. The van der Waals surface area contributed by atoms with Crippen LogP contribution in [0.3, 0.4) is 0 Å². The van der Waals surface area contributed by atoms with Crippen LogP contribution in [0.4, 0.5) is 4.79 Å². The van der Waals surface area contributed by atoms with Gasteiger partial charge in [-0.1, -0.05) is 0 Å². The summed E-state index contributed by atoms with van der Waals surface area (Å²) in [6.45, 7) is 1.75. The molecule has 3 nitrogen and oxygen atoms in total. The van der Waals surface area contributed by atoms with Crippen LogP contribution in [0.1, 0.15) is 19.3 Å². The number of rotatable bonds is 0. The minimum Gasteiger partial charge on any atom is -0.435 e. The van der Waals surface area contributed by atoms with Crippen molar-refractivity contribution in [2.75, 3.05) is 13.1 Å². The van der Waals surface area contributed by atoms with Crippen LogP contribution in [0.2, 0.25) is 0 Å². The van der Waals surface area contributed by atoms with Gasteiger partial charge in [0.15, 0.2) is 0 Å². The van der Waals surface area contributed by atoms with Crippen molar-refractivity contribution in [3.05, 3.63) is 0 Å². The highest BCUT2D eigenvalue weighted by Gasteiger charge is 2.55. The van der Waals surface area contributed by atoms with E-state index in [4.69, 9.17) is 5.11 Å². The van der Waals surface area contributed by atoms with E-state index in [1.165, 1.54) is 0 Å². The maximum absolute atomic E-state index is 10.8. The topological polar surface area (TPSA) is 37.3 Å². The van der Waals surface area contributed by atoms with Crippen LogP contribution in [-0.2, 0) is 0 Å². The van der Waals surface area contributed by atoms with Crippen LogP contribution in [0.15, 0.2) is 0 Å². The summed E-state index contributed by atoms with van der Waals surface area (Å²) in [4.78, 5) is 10.8. The van der Waals surface area contributed by atoms with E-state index in [-0.39, 0.29) is 0 Å². The molecule has 0 aromatic carbocycles. The summed E-state index contributed by atoms with van der Waals surface area (Å²) in [6.07, 6.45) is 2.77. The molecule has 2 atom stereocenters. The second-order valence-corrected chi connectivity index (χ2v) is 3.35. The van der Waals surface area contributed by atoms with Crippen molar-refractivity contribution < 1.29 is 14.4 Å². The highest BCUT2D eigenvalue weighted by atomic mass is 16.4. The molecule has 0 spiro atoms. The summed E-state index contributed by atoms with van der Waals surface area (Å²) in [5.74, 6) is 0. The number of hydrogen-bond donors (Lipinski definition) is 1. The summed E-state index contributed by atoms with van der Waals surface area (Å²) in [7, 11) is 0. The van der Waals surface area contributed by atoms with Crippen molar-refractivity contribution >= 4 is 6.09 Å². The summed E-state index contributed by atoms with van der Waals surface area (Å²) < 4.78 is 0.389. The molecule has 2 saturated heterocycles. The fourth-order valence-electron chi connectivity index (χ4n) is 2.27. The largest absolute Gasteiger partial charge is 0.513 e. The van der Waals surface area contributed by atoms with Crippen molar-refractivity contribution in [2.24, 2.45) is 0 Å². The lowest BCUT2D eigenvalue weighted by Crippen LogP contribution is -2.64. The Morgan fingerprint density at radius 1 is 1.40 bits per heavy atom. The van der Waals surface area contributed by atoms with Crippen LogP contribution in [-0.4, -0.2) is 34.8 Å². The molecule has 0 saturated carbocycles. The van der Waals surface area contributed by atoms with E-state index in [2.05, 4.69) is 0 Å². The first-order valence-electron chi connectivity index (χ1n) is 3.86. The average molecular weight is 142 g/mol. The first kappa shape index (κ1) is 6.16. The van der Waals surface area contributed by atoms with Crippen LogP contribution in [0, 0.1) is 0 Å². The van der Waals surface area contributed by atoms with Crippen molar-refractivity contribution in [2.45, 2.75) is 25.3 Å². The number of carbonyl (C=O) groups is 1. The summed E-state index contributed by atoms with van der Waals surface area (Å²) in [5, 5.41) is 8.87. The smallest absolute Gasteiger partial charge is 0.435 e. The number of fused-ring (bicyclic) bond motifs is 1. The maximum atomic E-state index is 10.8. The molecule has 0 aromatic rings. The molecule has 1 amide bonds. The fourth-order valence-corrected chi connectivity index (χ4v) is 2.27. The molecule has 2 heterocycles. The van der Waals surface area contributed by atoms with Gasteiger partial charge >= 0.3 is 6.09 Å². The Kier molecular flexibility index (Phi) is 1.06. The molecule has 56 valence electrons. The zero-order valence-electron chi connectivity index (χ0n) is 5.92. The average Bonchev–Trinajstić information content (AvgIpc) is 2.09. The molecular weight excluding hydrogens is 130 g/mol.